The second-order valence-electron chi connectivity index (χ2n) is 4.03. The summed E-state index contributed by atoms with van der Waals surface area (Å²) in [5.74, 6) is 4.90. The Bertz CT molecular complexity index is 346. The summed E-state index contributed by atoms with van der Waals surface area (Å²) < 4.78 is 2.01. The SMILES string of the molecule is Cc1cc(C)n(CCCCCC(=O)NN)n1. The van der Waals surface area contributed by atoms with E-state index in [1.807, 2.05) is 11.6 Å². The zero-order valence-corrected chi connectivity index (χ0v) is 9.99. The zero-order valence-electron chi connectivity index (χ0n) is 9.99. The molecule has 0 unspecified atom stereocenters. The smallest absolute Gasteiger partial charge is 0.233 e. The average molecular weight is 224 g/mol. The van der Waals surface area contributed by atoms with Crippen molar-refractivity contribution in [3.05, 3.63) is 17.5 Å². The quantitative estimate of drug-likeness (QED) is 0.328. The highest BCUT2D eigenvalue weighted by molar-refractivity contribution is 5.74. The van der Waals surface area contributed by atoms with E-state index in [4.69, 9.17) is 5.84 Å². The molecular weight excluding hydrogens is 204 g/mol. The first-order chi connectivity index (χ1) is 7.63. The molecule has 0 aliphatic carbocycles. The normalized spacial score (nSPS) is 10.4. The van der Waals surface area contributed by atoms with Gasteiger partial charge in [0, 0.05) is 18.7 Å². The molecule has 0 atom stereocenters. The summed E-state index contributed by atoms with van der Waals surface area (Å²) in [6.07, 6.45) is 3.45. The number of amides is 1. The van der Waals surface area contributed by atoms with Gasteiger partial charge in [-0.1, -0.05) is 6.42 Å². The maximum atomic E-state index is 10.8. The van der Waals surface area contributed by atoms with E-state index in [0.29, 0.717) is 6.42 Å². The van der Waals surface area contributed by atoms with Gasteiger partial charge in [0.15, 0.2) is 0 Å². The van der Waals surface area contributed by atoms with Crippen molar-refractivity contribution in [1.82, 2.24) is 15.2 Å². The van der Waals surface area contributed by atoms with Crippen LogP contribution in [0.4, 0.5) is 0 Å². The van der Waals surface area contributed by atoms with Crippen LogP contribution >= 0.6 is 0 Å². The standard InChI is InChI=1S/C11H20N4O/c1-9-8-10(2)15(14-9)7-5-3-4-6-11(16)13-12/h8H,3-7,12H2,1-2H3,(H,13,16). The third kappa shape index (κ3) is 4.02. The van der Waals surface area contributed by atoms with Crippen LogP contribution in [0.5, 0.6) is 0 Å². The number of aryl methyl sites for hydroxylation is 3. The molecule has 1 aromatic rings. The van der Waals surface area contributed by atoms with Gasteiger partial charge in [0.05, 0.1) is 5.69 Å². The van der Waals surface area contributed by atoms with Crippen LogP contribution < -0.4 is 11.3 Å². The summed E-state index contributed by atoms with van der Waals surface area (Å²) in [5, 5.41) is 4.38. The number of hydrogen-bond donors (Lipinski definition) is 2. The number of rotatable bonds is 6. The van der Waals surface area contributed by atoms with E-state index >= 15 is 0 Å². The number of hydrogen-bond acceptors (Lipinski definition) is 3. The molecule has 0 saturated heterocycles. The van der Waals surface area contributed by atoms with Crippen molar-refractivity contribution in [3.63, 3.8) is 0 Å². The van der Waals surface area contributed by atoms with Gasteiger partial charge < -0.3 is 0 Å². The molecule has 1 rings (SSSR count). The first-order valence-electron chi connectivity index (χ1n) is 5.64. The second-order valence-corrected chi connectivity index (χ2v) is 4.03. The van der Waals surface area contributed by atoms with E-state index < -0.39 is 0 Å². The molecule has 5 nitrogen and oxygen atoms in total. The summed E-state index contributed by atoms with van der Waals surface area (Å²) >= 11 is 0. The lowest BCUT2D eigenvalue weighted by Gasteiger charge is -2.04. The van der Waals surface area contributed by atoms with Crippen molar-refractivity contribution in [2.45, 2.75) is 46.1 Å². The van der Waals surface area contributed by atoms with Gasteiger partial charge in [-0.3, -0.25) is 14.9 Å². The van der Waals surface area contributed by atoms with Gasteiger partial charge >= 0.3 is 0 Å². The molecule has 1 heterocycles. The van der Waals surface area contributed by atoms with Crippen LogP contribution in [0.3, 0.4) is 0 Å². The van der Waals surface area contributed by atoms with E-state index in [1.165, 1.54) is 5.69 Å². The fourth-order valence-electron chi connectivity index (χ4n) is 1.70. The Morgan fingerprint density at radius 2 is 2.19 bits per heavy atom. The third-order valence-corrected chi connectivity index (χ3v) is 2.54. The molecule has 1 aromatic heterocycles. The Kier molecular flexibility index (Phi) is 4.98. The number of nitrogens with two attached hydrogens (primary N) is 1. The molecule has 3 N–H and O–H groups in total. The lowest BCUT2D eigenvalue weighted by Crippen LogP contribution is -2.29. The van der Waals surface area contributed by atoms with Crippen molar-refractivity contribution in [3.8, 4) is 0 Å². The van der Waals surface area contributed by atoms with Gasteiger partial charge in [-0.2, -0.15) is 5.10 Å². The first-order valence-corrected chi connectivity index (χ1v) is 5.64. The lowest BCUT2D eigenvalue weighted by atomic mass is 10.2. The largest absolute Gasteiger partial charge is 0.294 e. The molecule has 0 fully saturated rings. The maximum absolute atomic E-state index is 10.8. The minimum Gasteiger partial charge on any atom is -0.294 e. The topological polar surface area (TPSA) is 72.9 Å². The van der Waals surface area contributed by atoms with Crippen molar-refractivity contribution < 1.29 is 4.79 Å². The molecule has 0 aliphatic heterocycles. The number of nitrogens with one attached hydrogen (secondary N) is 1. The van der Waals surface area contributed by atoms with Crippen molar-refractivity contribution >= 4 is 5.91 Å². The molecular formula is C11H20N4O. The fraction of sp³-hybridized carbons (Fsp3) is 0.636. The van der Waals surface area contributed by atoms with E-state index in [2.05, 4.69) is 23.5 Å². The van der Waals surface area contributed by atoms with Crippen LogP contribution in [0.15, 0.2) is 6.07 Å². The summed E-state index contributed by atoms with van der Waals surface area (Å²) in [6.45, 7) is 4.97. The Labute approximate surface area is 96.0 Å². The number of unbranched alkanes of at least 4 members (excludes halogenated alkanes) is 2. The van der Waals surface area contributed by atoms with Gasteiger partial charge in [-0.15, -0.1) is 0 Å². The van der Waals surface area contributed by atoms with Gasteiger partial charge in [-0.05, 0) is 32.8 Å². The third-order valence-electron chi connectivity index (χ3n) is 2.54. The van der Waals surface area contributed by atoms with Crippen LogP contribution in [0.1, 0.15) is 37.1 Å². The van der Waals surface area contributed by atoms with Crippen LogP contribution in [0.25, 0.3) is 0 Å². The average Bonchev–Trinajstić information content (AvgIpc) is 2.56. The van der Waals surface area contributed by atoms with Crippen LogP contribution in [-0.2, 0) is 11.3 Å². The number of carbonyl (C=O) groups is 1. The minimum absolute atomic E-state index is 0.0916. The Morgan fingerprint density at radius 1 is 1.44 bits per heavy atom. The van der Waals surface area contributed by atoms with E-state index in [1.54, 1.807) is 0 Å². The highest BCUT2D eigenvalue weighted by Gasteiger charge is 2.01. The molecule has 16 heavy (non-hydrogen) atoms. The lowest BCUT2D eigenvalue weighted by molar-refractivity contribution is -0.121. The van der Waals surface area contributed by atoms with Crippen molar-refractivity contribution in [2.75, 3.05) is 0 Å². The number of nitrogens with zero attached hydrogens (tertiary/aromatic N) is 2. The molecule has 0 aliphatic rings. The van der Waals surface area contributed by atoms with E-state index in [-0.39, 0.29) is 5.91 Å². The molecule has 1 amide bonds. The van der Waals surface area contributed by atoms with Crippen molar-refractivity contribution in [1.29, 1.82) is 0 Å². The van der Waals surface area contributed by atoms with Crippen molar-refractivity contribution in [2.24, 2.45) is 5.84 Å². The Balaban J connectivity index is 2.16. The monoisotopic (exact) mass is 224 g/mol. The number of aromatic nitrogens is 2. The van der Waals surface area contributed by atoms with Gasteiger partial charge in [0.25, 0.3) is 0 Å². The van der Waals surface area contributed by atoms with Gasteiger partial charge in [0.1, 0.15) is 0 Å². The van der Waals surface area contributed by atoms with Gasteiger partial charge in [-0.25, -0.2) is 5.84 Å². The zero-order chi connectivity index (χ0) is 12.0. The van der Waals surface area contributed by atoms with Crippen LogP contribution in [0.2, 0.25) is 0 Å². The highest BCUT2D eigenvalue weighted by Crippen LogP contribution is 2.06. The van der Waals surface area contributed by atoms with Crippen LogP contribution in [-0.4, -0.2) is 15.7 Å². The Hall–Kier alpha value is -1.36. The first kappa shape index (κ1) is 12.7. The molecule has 0 spiro atoms. The Morgan fingerprint density at radius 3 is 2.75 bits per heavy atom. The molecule has 0 radical (unpaired) electrons. The maximum Gasteiger partial charge on any atom is 0.233 e. The summed E-state index contributed by atoms with van der Waals surface area (Å²) in [6, 6.07) is 2.07. The predicted molar refractivity (Wildman–Crippen MR) is 62.5 cm³/mol. The summed E-state index contributed by atoms with van der Waals surface area (Å²) in [4.78, 5) is 10.8. The fourth-order valence-corrected chi connectivity index (χ4v) is 1.70. The highest BCUT2D eigenvalue weighted by atomic mass is 16.2. The number of carbonyl (C=O) groups excluding carboxylic acids is 1. The number of hydrazine groups is 1. The van der Waals surface area contributed by atoms with E-state index in [9.17, 15) is 4.79 Å². The molecule has 5 heteroatoms. The summed E-state index contributed by atoms with van der Waals surface area (Å²) in [5.41, 5.74) is 4.38. The minimum atomic E-state index is -0.0916. The molecule has 0 aromatic carbocycles. The molecule has 0 bridgehead atoms. The van der Waals surface area contributed by atoms with Crippen LogP contribution in [0, 0.1) is 13.8 Å². The predicted octanol–water partition coefficient (Wildman–Crippen LogP) is 1.05. The second kappa shape index (κ2) is 6.27. The summed E-state index contributed by atoms with van der Waals surface area (Å²) in [7, 11) is 0. The molecule has 90 valence electrons. The molecule has 0 saturated carbocycles. The van der Waals surface area contributed by atoms with E-state index in [0.717, 1.165) is 31.5 Å². The van der Waals surface area contributed by atoms with Gasteiger partial charge in [0.2, 0.25) is 5.91 Å².